The van der Waals surface area contributed by atoms with Gasteiger partial charge in [0.15, 0.2) is 0 Å². The molecule has 0 amide bonds. The van der Waals surface area contributed by atoms with Crippen molar-refractivity contribution in [2.75, 3.05) is 0 Å². The molecule has 33 heavy (non-hydrogen) atoms. The zero-order valence-electron chi connectivity index (χ0n) is 18.2. The zero-order valence-corrected chi connectivity index (χ0v) is 19.1. The molecular formula is C31H21NS. The van der Waals surface area contributed by atoms with Crippen molar-refractivity contribution in [2.45, 2.75) is 0 Å². The Morgan fingerprint density at radius 2 is 1.21 bits per heavy atom. The molecule has 0 spiro atoms. The highest BCUT2D eigenvalue weighted by Gasteiger charge is 2.14. The third-order valence-corrected chi connectivity index (χ3v) is 8.01. The molecule has 2 heteroatoms. The van der Waals surface area contributed by atoms with Crippen LogP contribution < -0.4 is 0 Å². The van der Waals surface area contributed by atoms with E-state index in [1.807, 2.05) is 11.3 Å². The molecule has 7 rings (SSSR count). The Hall–Kier alpha value is -3.88. The summed E-state index contributed by atoms with van der Waals surface area (Å²) >= 11 is 1.90. The fourth-order valence-corrected chi connectivity index (χ4v) is 6.42. The Morgan fingerprint density at radius 3 is 2.06 bits per heavy atom. The van der Waals surface area contributed by atoms with Gasteiger partial charge < -0.3 is 4.57 Å². The highest BCUT2D eigenvalue weighted by Crippen LogP contribution is 2.41. The van der Waals surface area contributed by atoms with Gasteiger partial charge in [0.2, 0.25) is 0 Å². The molecule has 156 valence electrons. The number of aromatic nitrogens is 1. The number of nitrogens with zero attached hydrogens (tertiary/aromatic N) is 1. The van der Waals surface area contributed by atoms with Crippen molar-refractivity contribution in [3.8, 4) is 0 Å². The molecule has 0 atom stereocenters. The van der Waals surface area contributed by atoms with Gasteiger partial charge >= 0.3 is 0 Å². The molecular weight excluding hydrogens is 418 g/mol. The maximum atomic E-state index is 2.37. The summed E-state index contributed by atoms with van der Waals surface area (Å²) in [5, 5.41) is 8.01. The molecule has 2 aromatic heterocycles. The lowest BCUT2D eigenvalue weighted by molar-refractivity contribution is 1.02. The van der Waals surface area contributed by atoms with Gasteiger partial charge in [0, 0.05) is 54.3 Å². The fraction of sp³-hybridized carbons (Fsp3) is 0.0323. The Bertz CT molecular complexity index is 1870. The third-order valence-electron chi connectivity index (χ3n) is 6.79. The van der Waals surface area contributed by atoms with E-state index < -0.39 is 0 Å². The van der Waals surface area contributed by atoms with Crippen LogP contribution in [0.2, 0.25) is 0 Å². The van der Waals surface area contributed by atoms with E-state index in [4.69, 9.17) is 0 Å². The van der Waals surface area contributed by atoms with Gasteiger partial charge in [0.25, 0.3) is 0 Å². The third kappa shape index (κ3) is 2.78. The largest absolute Gasteiger partial charge is 0.343 e. The molecule has 0 aliphatic rings. The second kappa shape index (κ2) is 7.06. The summed E-state index contributed by atoms with van der Waals surface area (Å²) in [7, 11) is 2.20. The number of rotatable bonds is 2. The van der Waals surface area contributed by atoms with Crippen molar-refractivity contribution in [3.05, 3.63) is 108 Å². The molecule has 7 aromatic rings. The van der Waals surface area contributed by atoms with Crippen LogP contribution >= 0.6 is 11.3 Å². The van der Waals surface area contributed by atoms with E-state index in [0.717, 1.165) is 0 Å². The highest BCUT2D eigenvalue weighted by molar-refractivity contribution is 7.26. The van der Waals surface area contributed by atoms with E-state index in [1.54, 1.807) is 0 Å². The molecule has 0 aliphatic carbocycles. The van der Waals surface area contributed by atoms with E-state index in [2.05, 4.69) is 121 Å². The number of benzene rings is 5. The Kier molecular flexibility index (Phi) is 3.99. The van der Waals surface area contributed by atoms with Gasteiger partial charge in [-0.1, -0.05) is 97.1 Å². The van der Waals surface area contributed by atoms with Crippen molar-refractivity contribution in [1.29, 1.82) is 0 Å². The fourth-order valence-electron chi connectivity index (χ4n) is 5.19. The van der Waals surface area contributed by atoms with Gasteiger partial charge in [0.05, 0.1) is 5.52 Å². The van der Waals surface area contributed by atoms with Crippen LogP contribution in [-0.2, 0) is 7.05 Å². The molecule has 0 saturated heterocycles. The Morgan fingerprint density at radius 1 is 0.576 bits per heavy atom. The number of hydrogen-bond acceptors (Lipinski definition) is 1. The summed E-state index contributed by atoms with van der Waals surface area (Å²) in [5.74, 6) is 0. The second-order valence-corrected chi connectivity index (χ2v) is 9.73. The van der Waals surface area contributed by atoms with Crippen LogP contribution in [0, 0.1) is 0 Å². The van der Waals surface area contributed by atoms with E-state index >= 15 is 0 Å². The molecule has 1 nitrogen and oxygen atoms in total. The van der Waals surface area contributed by atoms with E-state index in [-0.39, 0.29) is 0 Å². The van der Waals surface area contributed by atoms with E-state index in [1.165, 1.54) is 63.9 Å². The number of aryl methyl sites for hydroxylation is 1. The summed E-state index contributed by atoms with van der Waals surface area (Å²) in [6.45, 7) is 0. The number of thiophene rings is 1. The van der Waals surface area contributed by atoms with Crippen molar-refractivity contribution in [2.24, 2.45) is 7.05 Å². The lowest BCUT2D eigenvalue weighted by atomic mass is 10.0. The highest BCUT2D eigenvalue weighted by atomic mass is 32.1. The molecule has 0 saturated carbocycles. The van der Waals surface area contributed by atoms with Gasteiger partial charge in [-0.2, -0.15) is 0 Å². The van der Waals surface area contributed by atoms with Gasteiger partial charge in [-0.3, -0.25) is 0 Å². The Labute approximate surface area is 195 Å². The summed E-state index contributed by atoms with van der Waals surface area (Å²) in [6.07, 6.45) is 4.38. The first kappa shape index (κ1) is 18.7. The number of fused-ring (bicyclic) bond motifs is 9. The molecule has 0 fully saturated rings. The van der Waals surface area contributed by atoms with Crippen LogP contribution in [0.15, 0.2) is 97.1 Å². The van der Waals surface area contributed by atoms with Gasteiger partial charge in [-0.25, -0.2) is 0 Å². The van der Waals surface area contributed by atoms with Crippen molar-refractivity contribution in [1.82, 2.24) is 4.57 Å². The van der Waals surface area contributed by atoms with E-state index in [0.29, 0.717) is 0 Å². The first-order valence-electron chi connectivity index (χ1n) is 11.3. The summed E-state index contributed by atoms with van der Waals surface area (Å²) in [6, 6.07) is 35.2. The molecule has 0 unspecified atom stereocenters. The van der Waals surface area contributed by atoms with Crippen LogP contribution in [0.3, 0.4) is 0 Å². The number of hydrogen-bond donors (Lipinski definition) is 0. The quantitative estimate of drug-likeness (QED) is 0.237. The summed E-state index contributed by atoms with van der Waals surface area (Å²) in [5.41, 5.74) is 5.01. The lowest BCUT2D eigenvalue weighted by Gasteiger charge is -2.05. The van der Waals surface area contributed by atoms with Gasteiger partial charge in [-0.05, 0) is 23.3 Å². The Balaban J connectivity index is 1.47. The van der Waals surface area contributed by atoms with Crippen molar-refractivity contribution < 1.29 is 0 Å². The second-order valence-electron chi connectivity index (χ2n) is 8.68. The minimum absolute atomic E-state index is 1.22. The van der Waals surface area contributed by atoms with Crippen LogP contribution in [0.1, 0.15) is 11.1 Å². The van der Waals surface area contributed by atoms with E-state index in [9.17, 15) is 0 Å². The van der Waals surface area contributed by atoms with Crippen LogP contribution in [0.4, 0.5) is 0 Å². The first-order valence-corrected chi connectivity index (χ1v) is 12.1. The van der Waals surface area contributed by atoms with Crippen molar-refractivity contribution in [3.63, 3.8) is 0 Å². The molecule has 0 bridgehead atoms. The minimum Gasteiger partial charge on any atom is -0.343 e. The van der Waals surface area contributed by atoms with Crippen LogP contribution in [-0.4, -0.2) is 4.57 Å². The molecule has 5 aromatic carbocycles. The van der Waals surface area contributed by atoms with Crippen LogP contribution in [0.5, 0.6) is 0 Å². The predicted molar refractivity (Wildman–Crippen MR) is 146 cm³/mol. The predicted octanol–water partition coefficient (Wildman–Crippen LogP) is 9.02. The van der Waals surface area contributed by atoms with Gasteiger partial charge in [0.1, 0.15) is 0 Å². The normalized spacial score (nSPS) is 12.3. The average Bonchev–Trinajstić information content (AvgIpc) is 3.39. The van der Waals surface area contributed by atoms with Gasteiger partial charge in [-0.15, -0.1) is 11.3 Å². The SMILES string of the molecule is Cn1c2cc(/C=C/c3ccccc3)ccc2c2ccc3c(ccc4c5ccccc5sc43)c21. The summed E-state index contributed by atoms with van der Waals surface area (Å²) < 4.78 is 5.10. The maximum Gasteiger partial charge on any atom is 0.0568 e. The minimum atomic E-state index is 1.22. The zero-order chi connectivity index (χ0) is 21.9. The molecule has 0 radical (unpaired) electrons. The molecule has 0 N–H and O–H groups in total. The molecule has 2 heterocycles. The summed E-state index contributed by atoms with van der Waals surface area (Å²) in [4.78, 5) is 0. The topological polar surface area (TPSA) is 4.93 Å². The average molecular weight is 440 g/mol. The van der Waals surface area contributed by atoms with Crippen molar-refractivity contribution >= 4 is 76.2 Å². The lowest BCUT2D eigenvalue weighted by Crippen LogP contribution is -1.88. The van der Waals surface area contributed by atoms with Crippen LogP contribution in [0.25, 0.3) is 64.9 Å². The monoisotopic (exact) mass is 439 g/mol. The molecule has 0 aliphatic heterocycles. The standard InChI is InChI=1S/C31H21NS/c1-32-28-19-21(12-11-20-7-3-2-4-8-20)13-14-22(28)24-15-18-27-25(30(24)32)16-17-26-23-9-5-6-10-29(23)33-31(26)27/h2-19H,1H3/b12-11+. The smallest absolute Gasteiger partial charge is 0.0568 e. The first-order chi connectivity index (χ1) is 16.3. The maximum absolute atomic E-state index is 2.37.